The zero-order valence-electron chi connectivity index (χ0n) is 16.0. The number of benzene rings is 1. The van der Waals surface area contributed by atoms with E-state index in [1.165, 1.54) is 23.5 Å². The van der Waals surface area contributed by atoms with Gasteiger partial charge in [0.05, 0.1) is 10.9 Å². The number of rotatable bonds is 5. The standard InChI is InChI=1S/C19H20ClN3O4S3/c1-2-7-23-18(20)17(29-19(23)22-30(26,27)15-4-3-8-28-15)16-12-10-14(25)13(24)9-11(12)5-6-21-16/h3-4,8-10,16,21,24-25H,2,5-7H2,1H3/b22-19-. The summed E-state index contributed by atoms with van der Waals surface area (Å²) in [5, 5.41) is 25.3. The highest BCUT2D eigenvalue weighted by atomic mass is 35.5. The minimum Gasteiger partial charge on any atom is -0.504 e. The Morgan fingerprint density at radius 2 is 2.10 bits per heavy atom. The van der Waals surface area contributed by atoms with Crippen molar-refractivity contribution >= 4 is 44.3 Å². The molecule has 0 aliphatic carbocycles. The Morgan fingerprint density at radius 1 is 1.33 bits per heavy atom. The summed E-state index contributed by atoms with van der Waals surface area (Å²) >= 11 is 9.03. The summed E-state index contributed by atoms with van der Waals surface area (Å²) < 4.78 is 31.4. The first-order valence-corrected chi connectivity index (χ1v) is 12.8. The minimum absolute atomic E-state index is 0.162. The lowest BCUT2D eigenvalue weighted by molar-refractivity contribution is 0.400. The lowest BCUT2D eigenvalue weighted by Crippen LogP contribution is -2.30. The number of nitrogens with one attached hydrogen (secondary N) is 1. The van der Waals surface area contributed by atoms with Gasteiger partial charge in [-0.15, -0.1) is 15.7 Å². The van der Waals surface area contributed by atoms with Gasteiger partial charge >= 0.3 is 0 Å². The maximum Gasteiger partial charge on any atom is 0.294 e. The fourth-order valence-corrected chi connectivity index (χ4v) is 7.20. The van der Waals surface area contributed by atoms with Crippen LogP contribution in [0.3, 0.4) is 0 Å². The summed E-state index contributed by atoms with van der Waals surface area (Å²) in [6, 6.07) is 5.95. The van der Waals surface area contributed by atoms with Gasteiger partial charge in [0.25, 0.3) is 10.0 Å². The van der Waals surface area contributed by atoms with Crippen LogP contribution in [0.4, 0.5) is 0 Å². The molecule has 3 aromatic rings. The van der Waals surface area contributed by atoms with E-state index >= 15 is 0 Å². The Labute approximate surface area is 187 Å². The topological polar surface area (TPSA) is 104 Å². The molecule has 0 saturated heterocycles. The third-order valence-corrected chi connectivity index (χ3v) is 9.24. The predicted molar refractivity (Wildman–Crippen MR) is 118 cm³/mol. The second-order valence-electron chi connectivity index (χ2n) is 6.87. The van der Waals surface area contributed by atoms with E-state index in [1.54, 1.807) is 22.1 Å². The summed E-state index contributed by atoms with van der Waals surface area (Å²) in [4.78, 5) is 1.03. The number of phenolic OH excluding ortho intramolecular Hbond substituents is 2. The van der Waals surface area contributed by atoms with Gasteiger partial charge in [-0.3, -0.25) is 0 Å². The number of fused-ring (bicyclic) bond motifs is 1. The molecule has 0 amide bonds. The van der Waals surface area contributed by atoms with E-state index in [1.807, 2.05) is 6.92 Å². The van der Waals surface area contributed by atoms with Gasteiger partial charge < -0.3 is 20.1 Å². The molecule has 1 aromatic carbocycles. The van der Waals surface area contributed by atoms with E-state index in [2.05, 4.69) is 9.71 Å². The smallest absolute Gasteiger partial charge is 0.294 e. The quantitative estimate of drug-likeness (QED) is 0.479. The van der Waals surface area contributed by atoms with Gasteiger partial charge in [-0.2, -0.15) is 8.42 Å². The van der Waals surface area contributed by atoms with E-state index in [0.29, 0.717) is 29.5 Å². The number of hydrogen-bond donors (Lipinski definition) is 3. The number of hydrogen-bond acceptors (Lipinski definition) is 7. The van der Waals surface area contributed by atoms with Crippen molar-refractivity contribution in [2.45, 2.75) is 36.6 Å². The molecule has 1 aliphatic rings. The average molecular weight is 486 g/mol. The van der Waals surface area contributed by atoms with Crippen LogP contribution in [0.2, 0.25) is 5.15 Å². The second-order valence-corrected chi connectivity index (χ2v) is 11.0. The van der Waals surface area contributed by atoms with Crippen LogP contribution in [0.1, 0.15) is 35.4 Å². The van der Waals surface area contributed by atoms with E-state index in [0.717, 1.165) is 33.8 Å². The van der Waals surface area contributed by atoms with Gasteiger partial charge in [0.2, 0.25) is 4.80 Å². The lowest BCUT2D eigenvalue weighted by atomic mass is 9.93. The molecule has 1 unspecified atom stereocenters. The van der Waals surface area contributed by atoms with Crippen LogP contribution in [0.25, 0.3) is 0 Å². The third-order valence-electron chi connectivity index (χ3n) is 4.82. The number of halogens is 1. The van der Waals surface area contributed by atoms with Crippen molar-refractivity contribution in [3.63, 3.8) is 0 Å². The first-order chi connectivity index (χ1) is 14.3. The molecule has 2 aromatic heterocycles. The van der Waals surface area contributed by atoms with Crippen LogP contribution in [-0.2, 0) is 23.0 Å². The number of sulfonamides is 1. The number of thiazole rings is 1. The van der Waals surface area contributed by atoms with Crippen molar-refractivity contribution in [3.8, 4) is 11.5 Å². The number of nitrogens with zero attached hydrogens (tertiary/aromatic N) is 2. The van der Waals surface area contributed by atoms with Gasteiger partial charge in [0, 0.05) is 13.1 Å². The molecule has 0 spiro atoms. The lowest BCUT2D eigenvalue weighted by Gasteiger charge is -2.26. The summed E-state index contributed by atoms with van der Waals surface area (Å²) in [5.41, 5.74) is 1.71. The molecule has 0 radical (unpaired) electrons. The van der Waals surface area contributed by atoms with Crippen LogP contribution in [0.15, 0.2) is 38.3 Å². The van der Waals surface area contributed by atoms with Crippen molar-refractivity contribution in [1.82, 2.24) is 9.88 Å². The molecule has 30 heavy (non-hydrogen) atoms. The summed E-state index contributed by atoms with van der Waals surface area (Å²) in [6.07, 6.45) is 1.45. The summed E-state index contributed by atoms with van der Waals surface area (Å²) in [6.45, 7) is 3.16. The van der Waals surface area contributed by atoms with Crippen LogP contribution >= 0.6 is 34.3 Å². The van der Waals surface area contributed by atoms with E-state index in [4.69, 9.17) is 11.6 Å². The van der Waals surface area contributed by atoms with Crippen molar-refractivity contribution < 1.29 is 18.6 Å². The fraction of sp³-hybridized carbons (Fsp3) is 0.316. The molecule has 0 saturated carbocycles. The average Bonchev–Trinajstić information content (AvgIpc) is 3.34. The first kappa shape index (κ1) is 21.4. The molecular formula is C19H20ClN3O4S3. The molecule has 1 aliphatic heterocycles. The van der Waals surface area contributed by atoms with Crippen molar-refractivity contribution in [2.75, 3.05) is 6.54 Å². The van der Waals surface area contributed by atoms with E-state index in [9.17, 15) is 18.6 Å². The van der Waals surface area contributed by atoms with Crippen molar-refractivity contribution in [1.29, 1.82) is 0 Å². The zero-order valence-corrected chi connectivity index (χ0v) is 19.2. The van der Waals surface area contributed by atoms with Crippen LogP contribution < -0.4 is 10.1 Å². The Balaban J connectivity index is 1.87. The van der Waals surface area contributed by atoms with Crippen LogP contribution in [0.5, 0.6) is 11.5 Å². The Kier molecular flexibility index (Phi) is 5.95. The molecule has 3 heterocycles. The van der Waals surface area contributed by atoms with Gasteiger partial charge in [-0.25, -0.2) is 0 Å². The molecule has 0 fully saturated rings. The maximum atomic E-state index is 12.7. The van der Waals surface area contributed by atoms with E-state index in [-0.39, 0.29) is 21.8 Å². The van der Waals surface area contributed by atoms with Crippen LogP contribution in [-0.4, -0.2) is 29.7 Å². The highest BCUT2D eigenvalue weighted by Gasteiger charge is 2.28. The molecule has 160 valence electrons. The maximum absolute atomic E-state index is 12.7. The van der Waals surface area contributed by atoms with Gasteiger partial charge in [0.1, 0.15) is 9.36 Å². The summed E-state index contributed by atoms with van der Waals surface area (Å²) in [5.74, 6) is -0.368. The predicted octanol–water partition coefficient (Wildman–Crippen LogP) is 3.61. The number of aromatic nitrogens is 1. The third kappa shape index (κ3) is 3.90. The Bertz CT molecular complexity index is 1250. The number of aromatic hydroxyl groups is 2. The monoisotopic (exact) mass is 485 g/mol. The van der Waals surface area contributed by atoms with Gasteiger partial charge in [0.15, 0.2) is 11.5 Å². The Hall–Kier alpha value is -1.85. The molecule has 0 bridgehead atoms. The number of thiophene rings is 1. The fourth-order valence-electron chi connectivity index (χ4n) is 3.45. The second kappa shape index (κ2) is 8.35. The number of phenols is 2. The van der Waals surface area contributed by atoms with E-state index < -0.39 is 10.0 Å². The van der Waals surface area contributed by atoms with Crippen molar-refractivity contribution in [2.24, 2.45) is 4.40 Å². The largest absolute Gasteiger partial charge is 0.504 e. The zero-order chi connectivity index (χ0) is 21.5. The Morgan fingerprint density at radius 3 is 2.80 bits per heavy atom. The summed E-state index contributed by atoms with van der Waals surface area (Å²) in [7, 11) is -3.84. The minimum atomic E-state index is -3.84. The molecule has 7 nitrogen and oxygen atoms in total. The van der Waals surface area contributed by atoms with Gasteiger partial charge in [-0.1, -0.05) is 35.9 Å². The SMILES string of the molecule is CCCn1c(Cl)c(C2NCCc3cc(O)c(O)cc32)s/c1=N\S(=O)(=O)c1cccs1. The van der Waals surface area contributed by atoms with Crippen LogP contribution in [0, 0.1) is 0 Å². The molecule has 11 heteroatoms. The first-order valence-electron chi connectivity index (χ1n) is 9.33. The normalized spacial score (nSPS) is 17.3. The highest BCUT2D eigenvalue weighted by Crippen LogP contribution is 2.39. The molecule has 4 rings (SSSR count). The molecule has 3 N–H and O–H groups in total. The molecule has 1 atom stereocenters. The highest BCUT2D eigenvalue weighted by molar-refractivity contribution is 7.92. The van der Waals surface area contributed by atoms with Crippen molar-refractivity contribution in [3.05, 3.63) is 55.6 Å². The van der Waals surface area contributed by atoms with Gasteiger partial charge in [-0.05, 0) is 47.5 Å². The molecular weight excluding hydrogens is 466 g/mol.